The fraction of sp³-hybridized carbons (Fsp3) is 0.444. The first-order valence-electron chi connectivity index (χ1n) is 4.28. The fourth-order valence-electron chi connectivity index (χ4n) is 0.867. The third-order valence-corrected chi connectivity index (χ3v) is 2.78. The first kappa shape index (κ1) is 10.1. The van der Waals surface area contributed by atoms with E-state index in [-0.39, 0.29) is 11.9 Å². The molecular weight excluding hydrogens is 184 g/mol. The first-order chi connectivity index (χ1) is 6.13. The van der Waals surface area contributed by atoms with Crippen LogP contribution in [0.5, 0.6) is 0 Å². The van der Waals surface area contributed by atoms with Crippen molar-refractivity contribution in [3.05, 3.63) is 16.3 Å². The van der Waals surface area contributed by atoms with Gasteiger partial charge in [0.2, 0.25) is 0 Å². The lowest BCUT2D eigenvalue weighted by molar-refractivity contribution is 0.0943. The average Bonchev–Trinajstić information content (AvgIpc) is 2.51. The average molecular weight is 198 g/mol. The van der Waals surface area contributed by atoms with E-state index in [0.717, 1.165) is 6.42 Å². The van der Waals surface area contributed by atoms with Crippen molar-refractivity contribution in [1.29, 1.82) is 0 Å². The van der Waals surface area contributed by atoms with Gasteiger partial charge in [-0.2, -0.15) is 0 Å². The van der Waals surface area contributed by atoms with Crippen molar-refractivity contribution in [2.75, 3.05) is 5.73 Å². The third kappa shape index (κ3) is 2.73. The molecule has 0 saturated heterocycles. The molecule has 72 valence electrons. The number of nitrogens with two attached hydrogens (primary N) is 1. The quantitative estimate of drug-likeness (QED) is 0.779. The number of anilines is 1. The van der Waals surface area contributed by atoms with Crippen LogP contribution in [0, 0.1) is 0 Å². The lowest BCUT2D eigenvalue weighted by Crippen LogP contribution is -2.31. The SMILES string of the molecule is CCC(C)NC(=O)c1cc(N)cs1. The lowest BCUT2D eigenvalue weighted by Gasteiger charge is -2.09. The Morgan fingerprint density at radius 2 is 2.46 bits per heavy atom. The number of hydrogen-bond acceptors (Lipinski definition) is 3. The Kier molecular flexibility index (Phi) is 3.31. The van der Waals surface area contributed by atoms with E-state index in [1.165, 1.54) is 11.3 Å². The molecule has 1 atom stereocenters. The number of hydrogen-bond donors (Lipinski definition) is 2. The van der Waals surface area contributed by atoms with Gasteiger partial charge in [0.1, 0.15) is 0 Å². The normalized spacial score (nSPS) is 12.5. The van der Waals surface area contributed by atoms with Crippen molar-refractivity contribution in [2.45, 2.75) is 26.3 Å². The van der Waals surface area contributed by atoms with Gasteiger partial charge in [-0.15, -0.1) is 11.3 Å². The van der Waals surface area contributed by atoms with Crippen LogP contribution in [0.15, 0.2) is 11.4 Å². The molecule has 3 nitrogen and oxygen atoms in total. The standard InChI is InChI=1S/C9H14N2OS/c1-3-6(2)11-9(12)8-4-7(10)5-13-8/h4-6H,3,10H2,1-2H3,(H,11,12). The summed E-state index contributed by atoms with van der Waals surface area (Å²) in [6, 6.07) is 1.92. The number of thiophene rings is 1. The molecule has 0 saturated carbocycles. The van der Waals surface area contributed by atoms with E-state index in [1.807, 2.05) is 13.8 Å². The third-order valence-electron chi connectivity index (χ3n) is 1.83. The maximum Gasteiger partial charge on any atom is 0.261 e. The molecule has 1 aromatic heterocycles. The van der Waals surface area contributed by atoms with E-state index in [9.17, 15) is 4.79 Å². The molecule has 4 heteroatoms. The van der Waals surface area contributed by atoms with Gasteiger partial charge in [-0.3, -0.25) is 4.79 Å². The second kappa shape index (κ2) is 4.28. The number of nitrogen functional groups attached to an aromatic ring is 1. The van der Waals surface area contributed by atoms with Crippen molar-refractivity contribution in [3.63, 3.8) is 0 Å². The molecule has 0 aliphatic heterocycles. The number of amides is 1. The van der Waals surface area contributed by atoms with E-state index < -0.39 is 0 Å². The summed E-state index contributed by atoms with van der Waals surface area (Å²) in [5.41, 5.74) is 6.16. The summed E-state index contributed by atoms with van der Waals surface area (Å²) in [5, 5.41) is 4.64. The Morgan fingerprint density at radius 3 is 2.92 bits per heavy atom. The Bertz CT molecular complexity index is 296. The molecule has 0 aliphatic rings. The van der Waals surface area contributed by atoms with Crippen LogP contribution >= 0.6 is 11.3 Å². The minimum atomic E-state index is -0.0314. The summed E-state index contributed by atoms with van der Waals surface area (Å²) in [5.74, 6) is -0.0314. The van der Waals surface area contributed by atoms with Crippen LogP contribution < -0.4 is 11.1 Å². The summed E-state index contributed by atoms with van der Waals surface area (Å²) >= 11 is 1.37. The van der Waals surface area contributed by atoms with Crippen LogP contribution in [-0.4, -0.2) is 11.9 Å². The molecule has 0 spiro atoms. The molecule has 1 aromatic rings. The van der Waals surface area contributed by atoms with Crippen molar-refractivity contribution >= 4 is 22.9 Å². The Labute approximate surface area is 81.9 Å². The number of carbonyl (C=O) groups is 1. The highest BCUT2D eigenvalue weighted by molar-refractivity contribution is 7.12. The first-order valence-corrected chi connectivity index (χ1v) is 5.16. The molecule has 3 N–H and O–H groups in total. The van der Waals surface area contributed by atoms with E-state index in [4.69, 9.17) is 5.73 Å². The molecule has 0 aliphatic carbocycles. The van der Waals surface area contributed by atoms with Gasteiger partial charge in [-0.25, -0.2) is 0 Å². The highest BCUT2D eigenvalue weighted by Crippen LogP contribution is 2.15. The van der Waals surface area contributed by atoms with E-state index in [0.29, 0.717) is 10.6 Å². The van der Waals surface area contributed by atoms with Crippen LogP contribution in [-0.2, 0) is 0 Å². The minimum Gasteiger partial charge on any atom is -0.398 e. The molecule has 1 heterocycles. The van der Waals surface area contributed by atoms with Crippen LogP contribution in [0.1, 0.15) is 29.9 Å². The second-order valence-electron chi connectivity index (χ2n) is 3.03. The van der Waals surface area contributed by atoms with Crippen LogP contribution in [0.4, 0.5) is 5.69 Å². The molecule has 0 bridgehead atoms. The zero-order valence-electron chi connectivity index (χ0n) is 7.83. The maximum atomic E-state index is 11.5. The molecule has 0 aromatic carbocycles. The van der Waals surface area contributed by atoms with Gasteiger partial charge in [-0.05, 0) is 19.4 Å². The van der Waals surface area contributed by atoms with E-state index in [2.05, 4.69) is 5.32 Å². The van der Waals surface area contributed by atoms with Crippen molar-refractivity contribution in [1.82, 2.24) is 5.32 Å². The molecule has 1 unspecified atom stereocenters. The zero-order chi connectivity index (χ0) is 9.84. The van der Waals surface area contributed by atoms with Gasteiger partial charge in [0.15, 0.2) is 0 Å². The zero-order valence-corrected chi connectivity index (χ0v) is 8.65. The molecule has 0 fully saturated rings. The smallest absolute Gasteiger partial charge is 0.261 e. The number of carbonyl (C=O) groups excluding carboxylic acids is 1. The largest absolute Gasteiger partial charge is 0.398 e. The predicted molar refractivity (Wildman–Crippen MR) is 56.0 cm³/mol. The van der Waals surface area contributed by atoms with Gasteiger partial charge in [0.25, 0.3) is 5.91 Å². The van der Waals surface area contributed by atoms with E-state index >= 15 is 0 Å². The monoisotopic (exact) mass is 198 g/mol. The molecule has 1 amide bonds. The van der Waals surface area contributed by atoms with Crippen LogP contribution in [0.2, 0.25) is 0 Å². The molecule has 1 rings (SSSR count). The highest BCUT2D eigenvalue weighted by Gasteiger charge is 2.09. The van der Waals surface area contributed by atoms with E-state index in [1.54, 1.807) is 11.4 Å². The van der Waals surface area contributed by atoms with Gasteiger partial charge in [0, 0.05) is 17.1 Å². The van der Waals surface area contributed by atoms with Crippen molar-refractivity contribution in [2.24, 2.45) is 0 Å². The van der Waals surface area contributed by atoms with Gasteiger partial charge >= 0.3 is 0 Å². The fourth-order valence-corrected chi connectivity index (χ4v) is 1.57. The van der Waals surface area contributed by atoms with Gasteiger partial charge in [0.05, 0.1) is 4.88 Å². The maximum absolute atomic E-state index is 11.5. The van der Waals surface area contributed by atoms with Gasteiger partial charge < -0.3 is 11.1 Å². The molecule has 0 radical (unpaired) electrons. The van der Waals surface area contributed by atoms with Gasteiger partial charge in [-0.1, -0.05) is 6.92 Å². The summed E-state index contributed by atoms with van der Waals surface area (Å²) in [7, 11) is 0. The van der Waals surface area contributed by atoms with Crippen molar-refractivity contribution < 1.29 is 4.79 Å². The van der Waals surface area contributed by atoms with Crippen LogP contribution in [0.3, 0.4) is 0 Å². The second-order valence-corrected chi connectivity index (χ2v) is 3.94. The summed E-state index contributed by atoms with van der Waals surface area (Å²) in [6.45, 7) is 4.02. The van der Waals surface area contributed by atoms with Crippen LogP contribution in [0.25, 0.3) is 0 Å². The summed E-state index contributed by atoms with van der Waals surface area (Å²) in [4.78, 5) is 12.1. The predicted octanol–water partition coefficient (Wildman–Crippen LogP) is 1.86. The Morgan fingerprint density at radius 1 is 1.77 bits per heavy atom. The van der Waals surface area contributed by atoms with Crippen molar-refractivity contribution in [3.8, 4) is 0 Å². The lowest BCUT2D eigenvalue weighted by atomic mass is 10.2. The Hall–Kier alpha value is -1.03. The highest BCUT2D eigenvalue weighted by atomic mass is 32.1. The number of rotatable bonds is 3. The minimum absolute atomic E-state index is 0.0314. The molecule has 13 heavy (non-hydrogen) atoms. The summed E-state index contributed by atoms with van der Waals surface area (Å²) in [6.07, 6.45) is 0.937. The summed E-state index contributed by atoms with van der Waals surface area (Å²) < 4.78 is 0. The topological polar surface area (TPSA) is 55.1 Å². The Balaban J connectivity index is 2.58. The number of nitrogens with one attached hydrogen (secondary N) is 1. The molecular formula is C9H14N2OS.